The van der Waals surface area contributed by atoms with Gasteiger partial charge < -0.3 is 11.5 Å². The minimum Gasteiger partial charge on any atom is -0.398 e. The van der Waals surface area contributed by atoms with E-state index in [2.05, 4.69) is 0 Å². The van der Waals surface area contributed by atoms with E-state index in [0.29, 0.717) is 10.5 Å². The second-order valence-electron chi connectivity index (χ2n) is 4.23. The average Bonchev–Trinajstić information content (AvgIpc) is 2.39. The van der Waals surface area contributed by atoms with E-state index >= 15 is 0 Å². The minimum atomic E-state index is -1.38. The smallest absolute Gasteiger partial charge is 0.248 e. The second-order valence-corrected chi connectivity index (χ2v) is 5.65. The van der Waals surface area contributed by atoms with Gasteiger partial charge in [-0.3, -0.25) is 9.00 Å². The van der Waals surface area contributed by atoms with Crippen molar-refractivity contribution in [3.63, 3.8) is 0 Å². The lowest BCUT2D eigenvalue weighted by molar-refractivity contribution is 0.100. The zero-order valence-corrected chi connectivity index (χ0v) is 11.3. The van der Waals surface area contributed by atoms with E-state index in [0.717, 1.165) is 11.6 Å². The Balaban J connectivity index is 2.17. The molecular weight excluding hydrogens is 279 g/mol. The fourth-order valence-corrected chi connectivity index (χ4v) is 2.91. The molecule has 0 spiro atoms. The summed E-state index contributed by atoms with van der Waals surface area (Å²) in [5.74, 6) is -0.746. The molecule has 0 saturated carbocycles. The fraction of sp³-hybridized carbons (Fsp3) is 0.0714. The SMILES string of the molecule is NC(=O)c1ccc(CS(=O)c2ccc(F)cc2N)cc1. The molecule has 104 valence electrons. The van der Waals surface area contributed by atoms with Crippen LogP contribution in [0.1, 0.15) is 15.9 Å². The first-order chi connectivity index (χ1) is 9.47. The Hall–Kier alpha value is -2.21. The maximum absolute atomic E-state index is 12.9. The first-order valence-corrected chi connectivity index (χ1v) is 7.11. The first kappa shape index (κ1) is 14.2. The van der Waals surface area contributed by atoms with Gasteiger partial charge in [0, 0.05) is 5.56 Å². The number of primary amides is 1. The van der Waals surface area contributed by atoms with E-state index in [9.17, 15) is 13.4 Å². The Bertz CT molecular complexity index is 671. The van der Waals surface area contributed by atoms with Gasteiger partial charge in [-0.15, -0.1) is 0 Å². The summed E-state index contributed by atoms with van der Waals surface area (Å²) in [4.78, 5) is 11.3. The summed E-state index contributed by atoms with van der Waals surface area (Å²) in [6.07, 6.45) is 0. The van der Waals surface area contributed by atoms with Crippen molar-refractivity contribution < 1.29 is 13.4 Å². The highest BCUT2D eigenvalue weighted by molar-refractivity contribution is 7.84. The molecule has 0 bridgehead atoms. The van der Waals surface area contributed by atoms with Gasteiger partial charge in [0.1, 0.15) is 5.82 Å². The Morgan fingerprint density at radius 3 is 2.35 bits per heavy atom. The standard InChI is InChI=1S/C14H13FN2O2S/c15-11-5-6-13(12(16)7-11)20(19)8-9-1-3-10(4-2-9)14(17)18/h1-7H,8,16H2,(H2,17,18). The molecule has 0 fully saturated rings. The molecule has 2 rings (SSSR count). The van der Waals surface area contributed by atoms with Crippen LogP contribution in [-0.2, 0) is 16.6 Å². The van der Waals surface area contributed by atoms with E-state index < -0.39 is 22.5 Å². The highest BCUT2D eigenvalue weighted by atomic mass is 32.2. The summed E-state index contributed by atoms with van der Waals surface area (Å²) in [6.45, 7) is 0. The third-order valence-corrected chi connectivity index (χ3v) is 4.21. The quantitative estimate of drug-likeness (QED) is 0.843. The van der Waals surface area contributed by atoms with Crippen LogP contribution in [0.15, 0.2) is 47.4 Å². The van der Waals surface area contributed by atoms with Crippen LogP contribution >= 0.6 is 0 Å². The molecule has 0 heterocycles. The van der Waals surface area contributed by atoms with Crippen molar-refractivity contribution in [3.05, 3.63) is 59.4 Å². The van der Waals surface area contributed by atoms with Gasteiger partial charge in [-0.25, -0.2) is 4.39 Å². The van der Waals surface area contributed by atoms with Crippen LogP contribution in [0.5, 0.6) is 0 Å². The van der Waals surface area contributed by atoms with Crippen LogP contribution in [-0.4, -0.2) is 10.1 Å². The van der Waals surface area contributed by atoms with Crippen LogP contribution in [0, 0.1) is 5.82 Å². The van der Waals surface area contributed by atoms with E-state index in [1.807, 2.05) is 0 Å². The number of nitrogen functional groups attached to an aromatic ring is 1. The van der Waals surface area contributed by atoms with Gasteiger partial charge in [0.05, 0.1) is 27.1 Å². The molecule has 0 aliphatic rings. The van der Waals surface area contributed by atoms with Gasteiger partial charge in [0.25, 0.3) is 0 Å². The number of amides is 1. The molecule has 1 amide bonds. The molecule has 2 aromatic carbocycles. The molecule has 0 saturated heterocycles. The Kier molecular flexibility index (Phi) is 4.14. The van der Waals surface area contributed by atoms with Crippen LogP contribution in [0.4, 0.5) is 10.1 Å². The van der Waals surface area contributed by atoms with Crippen molar-refractivity contribution in [2.75, 3.05) is 5.73 Å². The third kappa shape index (κ3) is 3.21. The van der Waals surface area contributed by atoms with Gasteiger partial charge in [-0.2, -0.15) is 0 Å². The average molecular weight is 292 g/mol. The Morgan fingerprint density at radius 2 is 1.80 bits per heavy atom. The van der Waals surface area contributed by atoms with Crippen LogP contribution < -0.4 is 11.5 Å². The van der Waals surface area contributed by atoms with Gasteiger partial charge in [-0.05, 0) is 35.9 Å². The van der Waals surface area contributed by atoms with Gasteiger partial charge in [-0.1, -0.05) is 12.1 Å². The number of benzene rings is 2. The van der Waals surface area contributed by atoms with E-state index in [-0.39, 0.29) is 11.4 Å². The Labute approximate surface area is 118 Å². The number of anilines is 1. The number of carbonyl (C=O) groups is 1. The molecule has 4 nitrogen and oxygen atoms in total. The molecule has 4 N–H and O–H groups in total. The third-order valence-electron chi connectivity index (χ3n) is 2.75. The number of hydrogen-bond acceptors (Lipinski definition) is 3. The van der Waals surface area contributed by atoms with Gasteiger partial charge in [0.15, 0.2) is 0 Å². The zero-order valence-electron chi connectivity index (χ0n) is 10.5. The van der Waals surface area contributed by atoms with Crippen molar-refractivity contribution in [1.82, 2.24) is 0 Å². The molecular formula is C14H13FN2O2S. The summed E-state index contributed by atoms with van der Waals surface area (Å²) < 4.78 is 25.1. The topological polar surface area (TPSA) is 86.2 Å². The molecule has 0 aromatic heterocycles. The van der Waals surface area contributed by atoms with E-state index in [1.54, 1.807) is 24.3 Å². The molecule has 20 heavy (non-hydrogen) atoms. The molecule has 2 aromatic rings. The number of nitrogens with two attached hydrogens (primary N) is 2. The lowest BCUT2D eigenvalue weighted by Gasteiger charge is -2.06. The fourth-order valence-electron chi connectivity index (χ4n) is 1.72. The van der Waals surface area contributed by atoms with Crippen molar-refractivity contribution in [2.45, 2.75) is 10.6 Å². The normalized spacial score (nSPS) is 12.1. The van der Waals surface area contributed by atoms with Crippen molar-refractivity contribution >= 4 is 22.4 Å². The lowest BCUT2D eigenvalue weighted by Crippen LogP contribution is -2.10. The monoisotopic (exact) mass is 292 g/mol. The van der Waals surface area contributed by atoms with Crippen molar-refractivity contribution in [2.24, 2.45) is 5.73 Å². The van der Waals surface area contributed by atoms with Crippen LogP contribution in [0.25, 0.3) is 0 Å². The number of hydrogen-bond donors (Lipinski definition) is 2. The first-order valence-electron chi connectivity index (χ1n) is 5.79. The summed E-state index contributed by atoms with van der Waals surface area (Å²) >= 11 is 0. The van der Waals surface area contributed by atoms with Crippen molar-refractivity contribution in [1.29, 1.82) is 0 Å². The highest BCUT2D eigenvalue weighted by Gasteiger charge is 2.10. The van der Waals surface area contributed by atoms with Gasteiger partial charge in [0.2, 0.25) is 5.91 Å². The largest absolute Gasteiger partial charge is 0.398 e. The zero-order chi connectivity index (χ0) is 14.7. The summed E-state index contributed by atoms with van der Waals surface area (Å²) in [5, 5.41) is 0. The molecule has 6 heteroatoms. The molecule has 0 aliphatic carbocycles. The maximum Gasteiger partial charge on any atom is 0.248 e. The number of rotatable bonds is 4. The highest BCUT2D eigenvalue weighted by Crippen LogP contribution is 2.20. The number of halogens is 1. The van der Waals surface area contributed by atoms with Crippen LogP contribution in [0.3, 0.4) is 0 Å². The minimum absolute atomic E-state index is 0.164. The summed E-state index contributed by atoms with van der Waals surface area (Å²) in [6, 6.07) is 10.3. The van der Waals surface area contributed by atoms with Gasteiger partial charge >= 0.3 is 0 Å². The van der Waals surface area contributed by atoms with E-state index in [4.69, 9.17) is 11.5 Å². The predicted molar refractivity (Wildman–Crippen MR) is 75.9 cm³/mol. The molecule has 0 aliphatic heterocycles. The Morgan fingerprint density at radius 1 is 1.15 bits per heavy atom. The molecule has 0 radical (unpaired) electrons. The summed E-state index contributed by atoms with van der Waals surface area (Å²) in [5.41, 5.74) is 12.1. The maximum atomic E-state index is 12.9. The number of carbonyl (C=O) groups excluding carboxylic acids is 1. The predicted octanol–water partition coefficient (Wildman–Crippen LogP) is 1.81. The van der Waals surface area contributed by atoms with Crippen LogP contribution in [0.2, 0.25) is 0 Å². The molecule has 1 unspecified atom stereocenters. The second kappa shape index (κ2) is 5.83. The van der Waals surface area contributed by atoms with E-state index in [1.165, 1.54) is 12.1 Å². The van der Waals surface area contributed by atoms with Crippen molar-refractivity contribution in [3.8, 4) is 0 Å². The summed E-state index contributed by atoms with van der Waals surface area (Å²) in [7, 11) is -1.38. The molecule has 1 atom stereocenters. The lowest BCUT2D eigenvalue weighted by atomic mass is 10.1.